The van der Waals surface area contributed by atoms with E-state index < -0.39 is 0 Å². The smallest absolute Gasteiger partial charge is 0.141 e. The average Bonchev–Trinajstić information content (AvgIpc) is 3.16. The van der Waals surface area contributed by atoms with Crippen LogP contribution in [0.15, 0.2) is 36.8 Å². The number of rotatable bonds is 3. The SMILES string of the molecule is CC1CC2CC(C)CC(C(=O)CC3c4ccccc4-c4cncn43)(C1)C2. The molecule has 2 fully saturated rings. The molecule has 3 unspecified atom stereocenters. The number of hydrogen-bond donors (Lipinski definition) is 0. The molecule has 1 aromatic carbocycles. The monoisotopic (exact) mass is 348 g/mol. The highest BCUT2D eigenvalue weighted by atomic mass is 16.1. The maximum absolute atomic E-state index is 13.7. The van der Waals surface area contributed by atoms with Gasteiger partial charge in [-0.05, 0) is 55.4 Å². The number of imidazole rings is 1. The third-order valence-corrected chi connectivity index (χ3v) is 7.20. The van der Waals surface area contributed by atoms with E-state index in [1.165, 1.54) is 24.0 Å². The van der Waals surface area contributed by atoms with Crippen LogP contribution in [-0.4, -0.2) is 15.3 Å². The number of carbonyl (C=O) groups excluding carboxylic acids is 1. The zero-order valence-electron chi connectivity index (χ0n) is 15.8. The van der Waals surface area contributed by atoms with E-state index in [9.17, 15) is 4.79 Å². The van der Waals surface area contributed by atoms with Gasteiger partial charge in [0.2, 0.25) is 0 Å². The molecule has 2 aliphatic carbocycles. The summed E-state index contributed by atoms with van der Waals surface area (Å²) in [6.45, 7) is 4.70. The zero-order chi connectivity index (χ0) is 17.9. The van der Waals surface area contributed by atoms with Gasteiger partial charge in [0.05, 0.1) is 24.3 Å². The Labute approximate surface area is 155 Å². The molecule has 136 valence electrons. The quantitative estimate of drug-likeness (QED) is 0.758. The molecule has 26 heavy (non-hydrogen) atoms. The van der Waals surface area contributed by atoms with Crippen molar-refractivity contribution < 1.29 is 4.79 Å². The fourth-order valence-corrected chi connectivity index (χ4v) is 6.58. The van der Waals surface area contributed by atoms with Gasteiger partial charge in [-0.3, -0.25) is 4.79 Å². The Morgan fingerprint density at radius 3 is 2.65 bits per heavy atom. The number of nitrogens with zero attached hydrogens (tertiary/aromatic N) is 2. The average molecular weight is 348 g/mol. The van der Waals surface area contributed by atoms with Crippen LogP contribution in [0.4, 0.5) is 0 Å². The number of Topliss-reactive ketones (excluding diaryl/α,β-unsaturated/α-hetero) is 1. The van der Waals surface area contributed by atoms with Crippen molar-refractivity contribution in [2.24, 2.45) is 23.2 Å². The lowest BCUT2D eigenvalue weighted by atomic mass is 9.55. The van der Waals surface area contributed by atoms with Crippen molar-refractivity contribution >= 4 is 5.78 Å². The molecule has 5 rings (SSSR count). The molecule has 3 aliphatic rings. The van der Waals surface area contributed by atoms with Crippen LogP contribution in [0.25, 0.3) is 11.3 Å². The van der Waals surface area contributed by atoms with Crippen molar-refractivity contribution in [1.82, 2.24) is 9.55 Å². The lowest BCUT2D eigenvalue weighted by Crippen LogP contribution is -2.45. The van der Waals surface area contributed by atoms with Crippen molar-refractivity contribution in [3.05, 3.63) is 42.4 Å². The maximum Gasteiger partial charge on any atom is 0.141 e. The Morgan fingerprint density at radius 1 is 1.15 bits per heavy atom. The first-order valence-corrected chi connectivity index (χ1v) is 10.2. The predicted molar refractivity (Wildman–Crippen MR) is 103 cm³/mol. The van der Waals surface area contributed by atoms with Gasteiger partial charge in [-0.2, -0.15) is 0 Å². The minimum absolute atomic E-state index is 0.0712. The lowest BCUT2D eigenvalue weighted by Gasteiger charge is -2.49. The third-order valence-electron chi connectivity index (χ3n) is 7.20. The van der Waals surface area contributed by atoms with Gasteiger partial charge in [0.1, 0.15) is 5.78 Å². The number of aromatic nitrogens is 2. The first kappa shape index (κ1) is 16.3. The van der Waals surface area contributed by atoms with Crippen LogP contribution in [0.5, 0.6) is 0 Å². The molecule has 0 N–H and O–H groups in total. The van der Waals surface area contributed by atoms with Crippen molar-refractivity contribution in [2.75, 3.05) is 0 Å². The van der Waals surface area contributed by atoms with Crippen molar-refractivity contribution in [1.29, 1.82) is 0 Å². The number of hydrogen-bond acceptors (Lipinski definition) is 2. The second-order valence-corrected chi connectivity index (χ2v) is 9.36. The highest BCUT2D eigenvalue weighted by Gasteiger charge is 2.49. The van der Waals surface area contributed by atoms with Gasteiger partial charge in [0.15, 0.2) is 0 Å². The molecule has 0 spiro atoms. The molecule has 2 aromatic rings. The second-order valence-electron chi connectivity index (χ2n) is 9.36. The van der Waals surface area contributed by atoms with Gasteiger partial charge < -0.3 is 4.57 Å². The molecule has 0 saturated heterocycles. The molecule has 2 saturated carbocycles. The topological polar surface area (TPSA) is 34.9 Å². The predicted octanol–water partition coefficient (Wildman–Crippen LogP) is 5.26. The molecule has 2 bridgehead atoms. The van der Waals surface area contributed by atoms with E-state index in [4.69, 9.17) is 0 Å². The molecule has 3 atom stereocenters. The van der Waals surface area contributed by atoms with Crippen LogP contribution in [0.1, 0.15) is 64.0 Å². The van der Waals surface area contributed by atoms with Gasteiger partial charge in [0.25, 0.3) is 0 Å². The van der Waals surface area contributed by atoms with E-state index >= 15 is 0 Å². The molecular formula is C23H28N2O. The van der Waals surface area contributed by atoms with Gasteiger partial charge in [-0.1, -0.05) is 38.1 Å². The maximum atomic E-state index is 13.7. The van der Waals surface area contributed by atoms with Crippen molar-refractivity contribution in [2.45, 2.75) is 58.4 Å². The summed E-state index contributed by atoms with van der Waals surface area (Å²) < 4.78 is 2.22. The van der Waals surface area contributed by atoms with E-state index in [2.05, 4.69) is 47.7 Å². The van der Waals surface area contributed by atoms with Crippen LogP contribution in [0.2, 0.25) is 0 Å². The number of ketones is 1. The highest BCUT2D eigenvalue weighted by molar-refractivity contribution is 5.87. The Morgan fingerprint density at radius 2 is 1.88 bits per heavy atom. The summed E-state index contributed by atoms with van der Waals surface area (Å²) in [6.07, 6.45) is 10.4. The van der Waals surface area contributed by atoms with E-state index in [-0.39, 0.29) is 11.5 Å². The van der Waals surface area contributed by atoms with Crippen LogP contribution in [0.3, 0.4) is 0 Å². The van der Waals surface area contributed by atoms with E-state index in [0.717, 1.165) is 30.9 Å². The molecule has 3 nitrogen and oxygen atoms in total. The van der Waals surface area contributed by atoms with Crippen LogP contribution < -0.4 is 0 Å². The summed E-state index contributed by atoms with van der Waals surface area (Å²) in [5, 5.41) is 0. The summed E-state index contributed by atoms with van der Waals surface area (Å²) in [5.41, 5.74) is 3.62. The van der Waals surface area contributed by atoms with E-state index in [0.29, 0.717) is 24.0 Å². The summed E-state index contributed by atoms with van der Waals surface area (Å²) in [6, 6.07) is 8.64. The first-order chi connectivity index (χ1) is 12.6. The molecule has 1 aliphatic heterocycles. The van der Waals surface area contributed by atoms with Gasteiger partial charge in [-0.15, -0.1) is 0 Å². The second kappa shape index (κ2) is 5.80. The summed E-state index contributed by atoms with van der Waals surface area (Å²) >= 11 is 0. The van der Waals surface area contributed by atoms with Gasteiger partial charge in [0, 0.05) is 17.4 Å². The van der Waals surface area contributed by atoms with E-state index in [1.807, 2.05) is 12.5 Å². The minimum atomic E-state index is -0.0712. The number of fused-ring (bicyclic) bond motifs is 5. The van der Waals surface area contributed by atoms with Crippen molar-refractivity contribution in [3.63, 3.8) is 0 Å². The normalized spacial score (nSPS) is 35.0. The Balaban J connectivity index is 1.47. The largest absolute Gasteiger partial charge is 0.323 e. The van der Waals surface area contributed by atoms with Crippen LogP contribution in [-0.2, 0) is 4.79 Å². The van der Waals surface area contributed by atoms with Gasteiger partial charge in [-0.25, -0.2) is 4.98 Å². The fraction of sp³-hybridized carbons (Fsp3) is 0.565. The highest BCUT2D eigenvalue weighted by Crippen LogP contribution is 2.54. The molecule has 0 radical (unpaired) electrons. The van der Waals surface area contributed by atoms with Crippen LogP contribution in [0, 0.1) is 23.2 Å². The molecule has 1 aromatic heterocycles. The molecule has 2 heterocycles. The van der Waals surface area contributed by atoms with Gasteiger partial charge >= 0.3 is 0 Å². The van der Waals surface area contributed by atoms with E-state index in [1.54, 1.807) is 0 Å². The minimum Gasteiger partial charge on any atom is -0.323 e. The number of benzene rings is 1. The molecule has 0 amide bonds. The summed E-state index contributed by atoms with van der Waals surface area (Å²) in [4.78, 5) is 18.0. The standard InChI is InChI=1S/C23H28N2O/c1-15-7-17-8-16(2)11-23(10-15,12-17)22(26)9-20-18-5-3-4-6-19(18)21-13-24-14-25(20)21/h3-6,13-17,20H,7-12H2,1-2H3. The Bertz CT molecular complexity index is 832. The fourth-order valence-electron chi connectivity index (χ4n) is 6.58. The molecule has 3 heteroatoms. The summed E-state index contributed by atoms with van der Waals surface area (Å²) in [5.74, 6) is 2.63. The lowest BCUT2D eigenvalue weighted by molar-refractivity contribution is -0.137. The van der Waals surface area contributed by atoms with Crippen LogP contribution >= 0.6 is 0 Å². The zero-order valence-corrected chi connectivity index (χ0v) is 15.8. The third kappa shape index (κ3) is 2.39. The Hall–Kier alpha value is -1.90. The van der Waals surface area contributed by atoms with Crippen molar-refractivity contribution in [3.8, 4) is 11.3 Å². The number of carbonyl (C=O) groups is 1. The summed E-state index contributed by atoms with van der Waals surface area (Å²) in [7, 11) is 0. The molecular weight excluding hydrogens is 320 g/mol. The first-order valence-electron chi connectivity index (χ1n) is 10.2. The Kier molecular flexibility index (Phi) is 3.63.